The Balaban J connectivity index is 3.15. The standard InChI is InChI=1S/C14H17BrN2O2/c1-10(2)9-17(7-3-6-16)13-8-11(15)4-5-12(13)14(18)19/h4-5,8,10H,3,7,9H2,1-2H3,(H,18,19). The highest BCUT2D eigenvalue weighted by Crippen LogP contribution is 2.26. The number of anilines is 1. The molecule has 0 fully saturated rings. The number of halogens is 1. The molecule has 1 aromatic carbocycles. The summed E-state index contributed by atoms with van der Waals surface area (Å²) in [6.07, 6.45) is 0.373. The van der Waals surface area contributed by atoms with E-state index < -0.39 is 5.97 Å². The minimum atomic E-state index is -0.951. The lowest BCUT2D eigenvalue weighted by atomic mass is 10.1. The molecule has 1 rings (SSSR count). The molecule has 0 aliphatic carbocycles. The maximum Gasteiger partial charge on any atom is 0.337 e. The van der Waals surface area contributed by atoms with Crippen LogP contribution >= 0.6 is 15.9 Å². The van der Waals surface area contributed by atoms with Gasteiger partial charge in [-0.2, -0.15) is 5.26 Å². The van der Waals surface area contributed by atoms with Gasteiger partial charge in [-0.3, -0.25) is 0 Å². The van der Waals surface area contributed by atoms with Gasteiger partial charge in [-0.25, -0.2) is 4.79 Å². The Morgan fingerprint density at radius 2 is 2.21 bits per heavy atom. The van der Waals surface area contributed by atoms with Crippen LogP contribution in [0.25, 0.3) is 0 Å². The second-order valence-electron chi connectivity index (χ2n) is 4.71. The molecular formula is C14H17BrN2O2. The fraction of sp³-hybridized carbons (Fsp3) is 0.429. The molecule has 0 unspecified atom stereocenters. The molecule has 1 aromatic rings. The molecule has 0 aromatic heterocycles. The first-order valence-electron chi connectivity index (χ1n) is 6.10. The second-order valence-corrected chi connectivity index (χ2v) is 5.63. The van der Waals surface area contributed by atoms with E-state index in [0.29, 0.717) is 24.6 Å². The Hall–Kier alpha value is -1.54. The van der Waals surface area contributed by atoms with E-state index in [0.717, 1.165) is 11.0 Å². The number of benzene rings is 1. The van der Waals surface area contributed by atoms with Crippen molar-refractivity contribution in [2.45, 2.75) is 20.3 Å². The third-order valence-electron chi connectivity index (χ3n) is 2.61. The van der Waals surface area contributed by atoms with Gasteiger partial charge in [0.15, 0.2) is 0 Å². The molecule has 0 aliphatic heterocycles. The average Bonchev–Trinajstić information content (AvgIpc) is 2.33. The van der Waals surface area contributed by atoms with Crippen molar-refractivity contribution < 1.29 is 9.90 Å². The van der Waals surface area contributed by atoms with Gasteiger partial charge in [0.05, 0.1) is 23.7 Å². The summed E-state index contributed by atoms with van der Waals surface area (Å²) in [6.45, 7) is 5.39. The average molecular weight is 325 g/mol. The normalized spacial score (nSPS) is 10.3. The van der Waals surface area contributed by atoms with E-state index in [9.17, 15) is 9.90 Å². The predicted molar refractivity (Wildman–Crippen MR) is 78.4 cm³/mol. The van der Waals surface area contributed by atoms with Gasteiger partial charge >= 0.3 is 5.97 Å². The lowest BCUT2D eigenvalue weighted by molar-refractivity contribution is 0.0697. The van der Waals surface area contributed by atoms with E-state index in [1.54, 1.807) is 18.2 Å². The summed E-state index contributed by atoms with van der Waals surface area (Å²) in [6, 6.07) is 7.20. The predicted octanol–water partition coefficient (Wildman–Crippen LogP) is 3.52. The summed E-state index contributed by atoms with van der Waals surface area (Å²) in [4.78, 5) is 13.3. The van der Waals surface area contributed by atoms with Crippen molar-refractivity contribution in [2.75, 3.05) is 18.0 Å². The molecule has 0 atom stereocenters. The largest absolute Gasteiger partial charge is 0.478 e. The van der Waals surface area contributed by atoms with Crippen molar-refractivity contribution in [3.8, 4) is 6.07 Å². The fourth-order valence-electron chi connectivity index (χ4n) is 1.88. The van der Waals surface area contributed by atoms with E-state index in [1.165, 1.54) is 0 Å². The van der Waals surface area contributed by atoms with Gasteiger partial charge in [0, 0.05) is 17.6 Å². The Bertz CT molecular complexity index is 495. The molecule has 19 heavy (non-hydrogen) atoms. The van der Waals surface area contributed by atoms with Gasteiger partial charge in [0.2, 0.25) is 0 Å². The first-order chi connectivity index (χ1) is 8.95. The molecule has 0 heterocycles. The van der Waals surface area contributed by atoms with Crippen molar-refractivity contribution in [1.29, 1.82) is 5.26 Å². The van der Waals surface area contributed by atoms with Crippen LogP contribution < -0.4 is 4.90 Å². The van der Waals surface area contributed by atoms with Crippen LogP contribution in [0.3, 0.4) is 0 Å². The fourth-order valence-corrected chi connectivity index (χ4v) is 2.23. The monoisotopic (exact) mass is 324 g/mol. The molecule has 0 bridgehead atoms. The molecule has 0 aliphatic rings. The van der Waals surface area contributed by atoms with Crippen molar-refractivity contribution in [3.63, 3.8) is 0 Å². The minimum absolute atomic E-state index is 0.266. The summed E-state index contributed by atoms with van der Waals surface area (Å²) in [5.41, 5.74) is 0.924. The molecule has 5 heteroatoms. The van der Waals surface area contributed by atoms with Crippen molar-refractivity contribution in [3.05, 3.63) is 28.2 Å². The number of hydrogen-bond donors (Lipinski definition) is 1. The van der Waals surface area contributed by atoms with Crippen LogP contribution in [0.4, 0.5) is 5.69 Å². The molecular weight excluding hydrogens is 308 g/mol. The highest BCUT2D eigenvalue weighted by atomic mass is 79.9. The number of nitrogens with zero attached hydrogens (tertiary/aromatic N) is 2. The summed E-state index contributed by atoms with van der Waals surface area (Å²) < 4.78 is 0.832. The zero-order valence-corrected chi connectivity index (χ0v) is 12.6. The van der Waals surface area contributed by atoms with E-state index in [4.69, 9.17) is 5.26 Å². The molecule has 4 nitrogen and oxygen atoms in total. The van der Waals surface area contributed by atoms with Crippen molar-refractivity contribution >= 4 is 27.6 Å². The molecule has 1 N–H and O–H groups in total. The van der Waals surface area contributed by atoms with Crippen LogP contribution in [0.2, 0.25) is 0 Å². The van der Waals surface area contributed by atoms with Gasteiger partial charge in [-0.15, -0.1) is 0 Å². The molecule has 0 saturated heterocycles. The molecule has 0 spiro atoms. The Morgan fingerprint density at radius 1 is 1.53 bits per heavy atom. The second kappa shape index (κ2) is 7.15. The number of carboxylic acids is 1. The van der Waals surface area contributed by atoms with Crippen LogP contribution in [-0.2, 0) is 0 Å². The van der Waals surface area contributed by atoms with Crippen molar-refractivity contribution in [2.24, 2.45) is 5.92 Å². The third kappa shape index (κ3) is 4.56. The van der Waals surface area contributed by atoms with Crippen molar-refractivity contribution in [1.82, 2.24) is 0 Å². The quantitative estimate of drug-likeness (QED) is 0.869. The van der Waals surface area contributed by atoms with Gasteiger partial charge in [-0.1, -0.05) is 29.8 Å². The lowest BCUT2D eigenvalue weighted by Gasteiger charge is -2.27. The van der Waals surface area contributed by atoms with Gasteiger partial charge in [0.25, 0.3) is 0 Å². The van der Waals surface area contributed by atoms with Crippen LogP contribution in [0.5, 0.6) is 0 Å². The van der Waals surface area contributed by atoms with E-state index >= 15 is 0 Å². The topological polar surface area (TPSA) is 64.3 Å². The maximum absolute atomic E-state index is 11.3. The number of hydrogen-bond acceptors (Lipinski definition) is 3. The van der Waals surface area contributed by atoms with Crippen LogP contribution in [-0.4, -0.2) is 24.2 Å². The maximum atomic E-state index is 11.3. The summed E-state index contributed by atoms with van der Waals surface area (Å²) >= 11 is 3.36. The number of aromatic carboxylic acids is 1. The van der Waals surface area contributed by atoms with Crippen LogP contribution in [0.1, 0.15) is 30.6 Å². The highest BCUT2D eigenvalue weighted by molar-refractivity contribution is 9.10. The number of carbonyl (C=O) groups is 1. The van der Waals surface area contributed by atoms with Crippen LogP contribution in [0, 0.1) is 17.2 Å². The summed E-state index contributed by atoms with van der Waals surface area (Å²) in [5, 5.41) is 18.0. The van der Waals surface area contributed by atoms with Gasteiger partial charge < -0.3 is 10.0 Å². The first-order valence-corrected chi connectivity index (χ1v) is 6.89. The highest BCUT2D eigenvalue weighted by Gasteiger charge is 2.17. The van der Waals surface area contributed by atoms with E-state index in [-0.39, 0.29) is 5.56 Å². The molecule has 0 saturated carbocycles. The minimum Gasteiger partial charge on any atom is -0.478 e. The van der Waals surface area contributed by atoms with E-state index in [1.807, 2.05) is 4.90 Å². The number of nitriles is 1. The molecule has 0 radical (unpaired) electrons. The van der Waals surface area contributed by atoms with Crippen LogP contribution in [0.15, 0.2) is 22.7 Å². The van der Waals surface area contributed by atoms with E-state index in [2.05, 4.69) is 35.8 Å². The summed E-state index contributed by atoms with van der Waals surface area (Å²) in [5.74, 6) is -0.562. The van der Waals surface area contributed by atoms with Gasteiger partial charge in [0.1, 0.15) is 0 Å². The van der Waals surface area contributed by atoms with Gasteiger partial charge in [-0.05, 0) is 24.1 Å². The SMILES string of the molecule is CC(C)CN(CCC#N)c1cc(Br)ccc1C(=O)O. The smallest absolute Gasteiger partial charge is 0.337 e. The summed E-state index contributed by atoms with van der Waals surface area (Å²) in [7, 11) is 0. The molecule has 0 amide bonds. The lowest BCUT2D eigenvalue weighted by Crippen LogP contribution is -2.30. The number of carboxylic acid groups (broad SMARTS) is 1. The first kappa shape index (κ1) is 15.5. The third-order valence-corrected chi connectivity index (χ3v) is 3.10. The Kier molecular flexibility index (Phi) is 5.84. The molecule has 102 valence electrons. The number of rotatable bonds is 6. The zero-order valence-electron chi connectivity index (χ0n) is 11.1. The Labute approximate surface area is 121 Å². The Morgan fingerprint density at radius 3 is 2.74 bits per heavy atom. The zero-order chi connectivity index (χ0) is 14.4.